The van der Waals surface area contributed by atoms with Gasteiger partial charge in [-0.2, -0.15) is 0 Å². The van der Waals surface area contributed by atoms with E-state index in [0.717, 1.165) is 0 Å². The molecule has 1 rings (SSSR count). The SMILES string of the molecule is CP(=O)(O)Nc1ccccc1. The number of hydrogen-bond acceptors (Lipinski definition) is 1. The molecular formula is C7H10NO2P. The lowest BCUT2D eigenvalue weighted by Gasteiger charge is -2.07. The molecule has 0 bridgehead atoms. The molecule has 1 aromatic carbocycles. The maximum Gasteiger partial charge on any atom is 0.288 e. The first-order chi connectivity index (χ1) is 5.08. The van der Waals surface area contributed by atoms with Crippen LogP contribution in [0.5, 0.6) is 0 Å². The van der Waals surface area contributed by atoms with Crippen LogP contribution in [0.3, 0.4) is 0 Å². The monoisotopic (exact) mass is 171 g/mol. The number of rotatable bonds is 2. The second-order valence-corrected chi connectivity index (χ2v) is 4.34. The van der Waals surface area contributed by atoms with E-state index in [1.807, 2.05) is 6.07 Å². The van der Waals surface area contributed by atoms with Gasteiger partial charge in [-0.1, -0.05) is 18.2 Å². The molecule has 60 valence electrons. The highest BCUT2D eigenvalue weighted by Crippen LogP contribution is 2.35. The number of hydrogen-bond donors (Lipinski definition) is 2. The van der Waals surface area contributed by atoms with Crippen molar-refractivity contribution in [1.29, 1.82) is 0 Å². The zero-order valence-corrected chi connectivity index (χ0v) is 7.08. The van der Waals surface area contributed by atoms with Crippen LogP contribution in [0.4, 0.5) is 5.69 Å². The van der Waals surface area contributed by atoms with Crippen LogP contribution in [-0.4, -0.2) is 11.6 Å². The van der Waals surface area contributed by atoms with Crippen LogP contribution in [0.2, 0.25) is 0 Å². The molecule has 0 fully saturated rings. The van der Waals surface area contributed by atoms with Gasteiger partial charge >= 0.3 is 0 Å². The molecule has 0 aliphatic carbocycles. The lowest BCUT2D eigenvalue weighted by Crippen LogP contribution is -1.92. The van der Waals surface area contributed by atoms with Crippen LogP contribution >= 0.6 is 7.52 Å². The standard InChI is InChI=1S/C7H10NO2P/c1-11(9,10)8-7-5-3-2-4-6-7/h2-6H,1H3,(H2,8,9,10). The van der Waals surface area contributed by atoms with Gasteiger partial charge in [-0.25, -0.2) is 0 Å². The second-order valence-electron chi connectivity index (χ2n) is 2.36. The summed E-state index contributed by atoms with van der Waals surface area (Å²) in [6.45, 7) is 1.26. The molecule has 2 N–H and O–H groups in total. The molecule has 0 saturated carbocycles. The van der Waals surface area contributed by atoms with Gasteiger partial charge in [0, 0.05) is 12.4 Å². The molecule has 0 amide bonds. The van der Waals surface area contributed by atoms with Crippen LogP contribution in [-0.2, 0) is 4.57 Å². The van der Waals surface area contributed by atoms with Crippen molar-refractivity contribution >= 4 is 13.2 Å². The molecule has 4 heteroatoms. The fraction of sp³-hybridized carbons (Fsp3) is 0.143. The van der Waals surface area contributed by atoms with Crippen LogP contribution in [0.15, 0.2) is 30.3 Å². The summed E-state index contributed by atoms with van der Waals surface area (Å²) in [5.41, 5.74) is 0.667. The normalized spacial score (nSPS) is 15.5. The van der Waals surface area contributed by atoms with E-state index in [2.05, 4.69) is 5.09 Å². The average Bonchev–Trinajstić information content (AvgIpc) is 1.85. The van der Waals surface area contributed by atoms with Gasteiger partial charge in [0.15, 0.2) is 0 Å². The Morgan fingerprint density at radius 3 is 2.36 bits per heavy atom. The molecule has 0 radical (unpaired) electrons. The van der Waals surface area contributed by atoms with Crippen molar-refractivity contribution in [2.24, 2.45) is 0 Å². The third kappa shape index (κ3) is 3.21. The summed E-state index contributed by atoms with van der Waals surface area (Å²) in [6.07, 6.45) is 0. The smallest absolute Gasteiger partial charge is 0.288 e. The molecule has 3 nitrogen and oxygen atoms in total. The van der Waals surface area contributed by atoms with E-state index in [-0.39, 0.29) is 0 Å². The van der Waals surface area contributed by atoms with Gasteiger partial charge < -0.3 is 9.98 Å². The molecule has 0 aliphatic heterocycles. The Morgan fingerprint density at radius 1 is 1.36 bits per heavy atom. The minimum absolute atomic E-state index is 0.667. The van der Waals surface area contributed by atoms with Gasteiger partial charge in [-0.15, -0.1) is 0 Å². The third-order valence-electron chi connectivity index (χ3n) is 1.11. The summed E-state index contributed by atoms with van der Waals surface area (Å²) in [4.78, 5) is 8.92. The molecule has 0 saturated heterocycles. The summed E-state index contributed by atoms with van der Waals surface area (Å²) in [5.74, 6) is 0. The second kappa shape index (κ2) is 3.07. The summed E-state index contributed by atoms with van der Waals surface area (Å²) in [7, 11) is -3.14. The molecule has 1 atom stereocenters. The zero-order valence-electron chi connectivity index (χ0n) is 6.19. The first-order valence-electron chi connectivity index (χ1n) is 3.21. The first-order valence-corrected chi connectivity index (χ1v) is 5.32. The Hall–Kier alpha value is -0.790. The molecule has 0 spiro atoms. The van der Waals surface area contributed by atoms with Gasteiger partial charge in [0.1, 0.15) is 0 Å². The molecular weight excluding hydrogens is 161 g/mol. The Balaban J connectivity index is 2.74. The Morgan fingerprint density at radius 2 is 1.91 bits per heavy atom. The van der Waals surface area contributed by atoms with Gasteiger partial charge in [-0.05, 0) is 12.1 Å². The quantitative estimate of drug-likeness (QED) is 0.668. The summed E-state index contributed by atoms with van der Waals surface area (Å²) in [5, 5.41) is 2.49. The van der Waals surface area contributed by atoms with Gasteiger partial charge in [0.25, 0.3) is 7.52 Å². The predicted octanol–water partition coefficient (Wildman–Crippen LogP) is 1.91. The van der Waals surface area contributed by atoms with Crippen molar-refractivity contribution < 1.29 is 9.46 Å². The first kappa shape index (κ1) is 8.31. The lowest BCUT2D eigenvalue weighted by molar-refractivity contribution is 0.491. The van der Waals surface area contributed by atoms with E-state index >= 15 is 0 Å². The van der Waals surface area contributed by atoms with Crippen LogP contribution < -0.4 is 5.09 Å². The third-order valence-corrected chi connectivity index (χ3v) is 1.78. The molecule has 1 unspecified atom stereocenters. The molecule has 0 aromatic heterocycles. The van der Waals surface area contributed by atoms with E-state index in [9.17, 15) is 4.57 Å². The molecule has 0 aliphatic rings. The fourth-order valence-electron chi connectivity index (χ4n) is 0.752. The Labute approximate surface area is 65.6 Å². The molecule has 0 heterocycles. The highest BCUT2D eigenvalue weighted by atomic mass is 31.2. The van der Waals surface area contributed by atoms with Crippen molar-refractivity contribution in [3.05, 3.63) is 30.3 Å². The average molecular weight is 171 g/mol. The van der Waals surface area contributed by atoms with E-state index in [4.69, 9.17) is 4.89 Å². The van der Waals surface area contributed by atoms with Gasteiger partial charge in [-0.3, -0.25) is 4.57 Å². The molecule has 11 heavy (non-hydrogen) atoms. The highest BCUT2D eigenvalue weighted by molar-refractivity contribution is 7.58. The van der Waals surface area contributed by atoms with Crippen molar-refractivity contribution in [3.63, 3.8) is 0 Å². The molecule has 1 aromatic rings. The van der Waals surface area contributed by atoms with Crippen molar-refractivity contribution in [2.45, 2.75) is 0 Å². The van der Waals surface area contributed by atoms with Crippen molar-refractivity contribution in [1.82, 2.24) is 0 Å². The minimum Gasteiger partial charge on any atom is -0.329 e. The van der Waals surface area contributed by atoms with Crippen molar-refractivity contribution in [2.75, 3.05) is 11.8 Å². The van der Waals surface area contributed by atoms with E-state index in [1.165, 1.54) is 6.66 Å². The van der Waals surface area contributed by atoms with Crippen LogP contribution in [0, 0.1) is 0 Å². The number of benzene rings is 1. The number of nitrogens with one attached hydrogen (secondary N) is 1. The topological polar surface area (TPSA) is 49.3 Å². The van der Waals surface area contributed by atoms with E-state index in [1.54, 1.807) is 24.3 Å². The maximum absolute atomic E-state index is 10.8. The van der Waals surface area contributed by atoms with Crippen LogP contribution in [0.25, 0.3) is 0 Å². The predicted molar refractivity (Wildman–Crippen MR) is 45.8 cm³/mol. The fourth-order valence-corrected chi connectivity index (χ4v) is 1.38. The summed E-state index contributed by atoms with van der Waals surface area (Å²) < 4.78 is 10.8. The lowest BCUT2D eigenvalue weighted by atomic mass is 10.3. The maximum atomic E-state index is 10.8. The number of anilines is 1. The highest BCUT2D eigenvalue weighted by Gasteiger charge is 2.06. The van der Waals surface area contributed by atoms with E-state index in [0.29, 0.717) is 5.69 Å². The Bertz CT molecular complexity index is 267. The number of para-hydroxylation sites is 1. The zero-order chi connectivity index (χ0) is 8.32. The van der Waals surface area contributed by atoms with E-state index < -0.39 is 7.52 Å². The van der Waals surface area contributed by atoms with Gasteiger partial charge in [0.2, 0.25) is 0 Å². The largest absolute Gasteiger partial charge is 0.329 e. The summed E-state index contributed by atoms with van der Waals surface area (Å²) >= 11 is 0. The Kier molecular flexibility index (Phi) is 2.32. The van der Waals surface area contributed by atoms with Gasteiger partial charge in [0.05, 0.1) is 0 Å². The van der Waals surface area contributed by atoms with Crippen molar-refractivity contribution in [3.8, 4) is 0 Å². The van der Waals surface area contributed by atoms with Crippen LogP contribution in [0.1, 0.15) is 0 Å². The summed E-state index contributed by atoms with van der Waals surface area (Å²) in [6, 6.07) is 8.94. The minimum atomic E-state index is -3.14.